The van der Waals surface area contributed by atoms with E-state index in [2.05, 4.69) is 18.6 Å². The Kier molecular flexibility index (Phi) is 2.93. The van der Waals surface area contributed by atoms with Gasteiger partial charge in [0.05, 0.1) is 0 Å². The van der Waals surface area contributed by atoms with Crippen LogP contribution in [0.25, 0.3) is 0 Å². The van der Waals surface area contributed by atoms with Crippen molar-refractivity contribution in [3.05, 3.63) is 23.6 Å². The number of aryl methyl sites for hydroxylation is 1. The summed E-state index contributed by atoms with van der Waals surface area (Å²) in [5, 5.41) is 0. The van der Waals surface area contributed by atoms with Gasteiger partial charge in [-0.05, 0) is 0 Å². The predicted molar refractivity (Wildman–Crippen MR) is 37.5 cm³/mol. The molecule has 1 heterocycles. The normalized spacial score (nSPS) is 9.10. The fraction of sp³-hybridized carbons (Fsp3) is 0.167. The molecule has 0 fully saturated rings. The zero-order chi connectivity index (χ0) is 7.56. The Balaban J connectivity index is 3.04. The first-order valence-electron chi connectivity index (χ1n) is 2.92. The molecule has 0 unspecified atom stereocenters. The predicted octanol–water partition coefficient (Wildman–Crippen LogP) is 1.55. The number of halogens is 2. The van der Waals surface area contributed by atoms with E-state index in [0.29, 0.717) is 5.69 Å². The quantitative estimate of drug-likeness (QED) is 0.694. The monoisotopic (exact) mass is 253 g/mol. The molecule has 0 bridgehead atoms. The van der Waals surface area contributed by atoms with Crippen molar-refractivity contribution in [3.8, 4) is 0 Å². The van der Waals surface area contributed by atoms with Gasteiger partial charge in [-0.1, -0.05) is 0 Å². The molecule has 0 aromatic carbocycles. The third kappa shape index (κ3) is 1.83. The molecule has 50 valence electrons. The number of pyridine rings is 1. The first kappa shape index (κ1) is 8.28. The van der Waals surface area contributed by atoms with Gasteiger partial charge in [0, 0.05) is 0 Å². The van der Waals surface area contributed by atoms with E-state index in [1.165, 1.54) is 6.07 Å². The van der Waals surface area contributed by atoms with Crippen LogP contribution in [-0.4, -0.2) is 4.98 Å². The molecular formula is C6H5BrFNZn. The summed E-state index contributed by atoms with van der Waals surface area (Å²) in [4.78, 5) is 4.05. The van der Waals surface area contributed by atoms with Gasteiger partial charge in [-0.3, -0.25) is 0 Å². The topological polar surface area (TPSA) is 12.9 Å². The SMILES string of the molecule is Cc1n[c]([Zn][Br])ccc1F. The van der Waals surface area contributed by atoms with Gasteiger partial charge >= 0.3 is 73.0 Å². The van der Waals surface area contributed by atoms with Gasteiger partial charge in [0.25, 0.3) is 0 Å². The summed E-state index contributed by atoms with van der Waals surface area (Å²) >= 11 is 2.63. The van der Waals surface area contributed by atoms with Crippen LogP contribution in [0.3, 0.4) is 0 Å². The van der Waals surface area contributed by atoms with Crippen LogP contribution in [0.4, 0.5) is 4.39 Å². The maximum atomic E-state index is 12.6. The van der Waals surface area contributed by atoms with E-state index in [-0.39, 0.29) is 5.82 Å². The van der Waals surface area contributed by atoms with Gasteiger partial charge in [0.15, 0.2) is 0 Å². The van der Waals surface area contributed by atoms with Crippen LogP contribution < -0.4 is 4.29 Å². The summed E-state index contributed by atoms with van der Waals surface area (Å²) in [5.74, 6) is -0.216. The van der Waals surface area contributed by atoms with E-state index in [1.54, 1.807) is 13.0 Å². The van der Waals surface area contributed by atoms with Crippen molar-refractivity contribution >= 4 is 17.9 Å². The summed E-state index contributed by atoms with van der Waals surface area (Å²) in [6, 6.07) is 3.22. The Labute approximate surface area is 73.0 Å². The standard InChI is InChI=1S/C6H5FN.BrH.Zn/c1-5-6(7)3-2-4-8-5;;/h2-3H,1H3;1H;/q;;+1/p-1. The van der Waals surface area contributed by atoms with Crippen molar-refractivity contribution in [1.82, 2.24) is 4.98 Å². The zero-order valence-corrected chi connectivity index (χ0v) is 10.1. The van der Waals surface area contributed by atoms with Crippen molar-refractivity contribution in [2.24, 2.45) is 0 Å². The van der Waals surface area contributed by atoms with Gasteiger partial charge in [-0.15, -0.1) is 0 Å². The Morgan fingerprint density at radius 1 is 1.60 bits per heavy atom. The number of hydrogen-bond acceptors (Lipinski definition) is 1. The maximum absolute atomic E-state index is 12.6. The minimum atomic E-state index is -0.792. The molecule has 0 aliphatic carbocycles. The number of hydrogen-bond donors (Lipinski definition) is 0. The molecule has 1 nitrogen and oxygen atoms in total. The van der Waals surface area contributed by atoms with Crippen LogP contribution in [0, 0.1) is 12.7 Å². The fourth-order valence-corrected chi connectivity index (χ4v) is 3.35. The molecule has 0 aliphatic heterocycles. The number of rotatable bonds is 1. The van der Waals surface area contributed by atoms with Gasteiger partial charge in [-0.2, -0.15) is 0 Å². The summed E-state index contributed by atoms with van der Waals surface area (Å²) in [6.45, 7) is 1.68. The van der Waals surface area contributed by atoms with E-state index in [0.717, 1.165) is 4.29 Å². The molecule has 0 saturated heterocycles. The molecule has 0 atom stereocenters. The molecular weight excluding hydrogens is 250 g/mol. The van der Waals surface area contributed by atoms with E-state index in [9.17, 15) is 4.39 Å². The van der Waals surface area contributed by atoms with Crippen molar-refractivity contribution in [3.63, 3.8) is 0 Å². The zero-order valence-electron chi connectivity index (χ0n) is 5.56. The van der Waals surface area contributed by atoms with Gasteiger partial charge in [0.2, 0.25) is 0 Å². The summed E-state index contributed by atoms with van der Waals surface area (Å²) < 4.78 is 13.6. The van der Waals surface area contributed by atoms with Gasteiger partial charge in [0.1, 0.15) is 0 Å². The molecule has 1 rings (SSSR count). The minimum absolute atomic E-state index is 0.216. The molecule has 1 aromatic heterocycles. The van der Waals surface area contributed by atoms with E-state index in [4.69, 9.17) is 0 Å². The molecule has 0 radical (unpaired) electrons. The van der Waals surface area contributed by atoms with Crippen molar-refractivity contribution < 1.29 is 19.6 Å². The molecule has 0 N–H and O–H groups in total. The molecule has 10 heavy (non-hydrogen) atoms. The van der Waals surface area contributed by atoms with Crippen molar-refractivity contribution in [1.29, 1.82) is 0 Å². The number of aromatic nitrogens is 1. The van der Waals surface area contributed by atoms with Crippen molar-refractivity contribution in [2.75, 3.05) is 0 Å². The Morgan fingerprint density at radius 3 is 2.80 bits per heavy atom. The summed E-state index contributed by atoms with van der Waals surface area (Å²) in [5.41, 5.74) is 0.502. The average Bonchev–Trinajstić information content (AvgIpc) is 1.95. The van der Waals surface area contributed by atoms with Gasteiger partial charge in [-0.25, -0.2) is 0 Å². The molecule has 0 amide bonds. The van der Waals surface area contributed by atoms with E-state index >= 15 is 0 Å². The van der Waals surface area contributed by atoms with Crippen LogP contribution in [0.5, 0.6) is 0 Å². The Morgan fingerprint density at radius 2 is 2.30 bits per heavy atom. The summed E-state index contributed by atoms with van der Waals surface area (Å²) in [6.07, 6.45) is 0. The molecule has 4 heteroatoms. The van der Waals surface area contributed by atoms with Gasteiger partial charge < -0.3 is 0 Å². The van der Waals surface area contributed by atoms with Crippen LogP contribution >= 0.6 is 13.6 Å². The average molecular weight is 255 g/mol. The van der Waals surface area contributed by atoms with Crippen LogP contribution in [0.15, 0.2) is 12.1 Å². The third-order valence-corrected chi connectivity index (χ3v) is 5.60. The number of nitrogens with zero attached hydrogens (tertiary/aromatic N) is 1. The Bertz CT molecular complexity index is 241. The van der Waals surface area contributed by atoms with E-state index < -0.39 is 15.2 Å². The third-order valence-electron chi connectivity index (χ3n) is 1.22. The first-order valence-corrected chi connectivity index (χ1v) is 11.4. The van der Waals surface area contributed by atoms with E-state index in [1.807, 2.05) is 0 Å². The molecule has 1 aromatic rings. The first-order chi connectivity index (χ1) is 4.74. The van der Waals surface area contributed by atoms with Crippen LogP contribution in [0.2, 0.25) is 0 Å². The van der Waals surface area contributed by atoms with Crippen LogP contribution in [-0.2, 0) is 15.2 Å². The molecule has 0 saturated carbocycles. The second kappa shape index (κ2) is 3.54. The second-order valence-electron chi connectivity index (χ2n) is 2.00. The fourth-order valence-electron chi connectivity index (χ4n) is 0.670. The summed E-state index contributed by atoms with van der Waals surface area (Å²) in [7, 11) is 0. The van der Waals surface area contributed by atoms with Crippen LogP contribution in [0.1, 0.15) is 5.69 Å². The Hall–Kier alpha value is 0.183. The second-order valence-corrected chi connectivity index (χ2v) is 7.00. The van der Waals surface area contributed by atoms with Crippen molar-refractivity contribution in [2.45, 2.75) is 6.92 Å². The molecule has 0 spiro atoms. The molecule has 0 aliphatic rings.